The molecule has 0 saturated heterocycles. The lowest BCUT2D eigenvalue weighted by Crippen LogP contribution is -2.23. The molecular weight excluding hydrogens is 247 g/mol. The summed E-state index contributed by atoms with van der Waals surface area (Å²) in [6.45, 7) is 0. The van der Waals surface area contributed by atoms with Crippen molar-refractivity contribution in [3.8, 4) is 0 Å². The largest absolute Gasteiger partial charge is 0.281 e. The Morgan fingerprint density at radius 1 is 0.833 bits per heavy atom. The molecule has 4 heteroatoms. The fourth-order valence-corrected chi connectivity index (χ4v) is 3.80. The number of hydrogen-bond donors (Lipinski definition) is 0. The molecular formula is C14H16NO2P. The van der Waals surface area contributed by atoms with Crippen LogP contribution in [0.25, 0.3) is 0 Å². The van der Waals surface area contributed by atoms with E-state index in [-0.39, 0.29) is 0 Å². The second-order valence-corrected chi connectivity index (χ2v) is 6.42. The van der Waals surface area contributed by atoms with Gasteiger partial charge >= 0.3 is 0 Å². The molecule has 0 N–H and O–H groups in total. The predicted molar refractivity (Wildman–Crippen MR) is 74.5 cm³/mol. The van der Waals surface area contributed by atoms with Crippen LogP contribution in [0.2, 0.25) is 0 Å². The quantitative estimate of drug-likeness (QED) is 0.482. The van der Waals surface area contributed by atoms with Gasteiger partial charge in [0.05, 0.1) is 0 Å². The molecule has 2 aromatic rings. The maximum Gasteiger partial charge on any atom is 0.277 e. The van der Waals surface area contributed by atoms with Gasteiger partial charge in [-0.25, -0.2) is 4.62 Å². The Balaban J connectivity index is 2.52. The van der Waals surface area contributed by atoms with Crippen LogP contribution in [-0.4, -0.2) is 19.2 Å². The van der Waals surface area contributed by atoms with E-state index in [4.69, 9.17) is 4.62 Å². The van der Waals surface area contributed by atoms with Crippen molar-refractivity contribution in [1.82, 2.24) is 5.06 Å². The molecule has 3 nitrogen and oxygen atoms in total. The van der Waals surface area contributed by atoms with Gasteiger partial charge in [-0.15, -0.1) is 0 Å². The zero-order valence-corrected chi connectivity index (χ0v) is 11.4. The minimum Gasteiger partial charge on any atom is -0.281 e. The highest BCUT2D eigenvalue weighted by atomic mass is 31.2. The van der Waals surface area contributed by atoms with Crippen molar-refractivity contribution in [1.29, 1.82) is 0 Å². The molecule has 0 spiro atoms. The number of rotatable bonds is 4. The van der Waals surface area contributed by atoms with E-state index in [2.05, 4.69) is 0 Å². The number of benzene rings is 2. The van der Waals surface area contributed by atoms with Gasteiger partial charge in [0.1, 0.15) is 0 Å². The summed E-state index contributed by atoms with van der Waals surface area (Å²) in [4.78, 5) is 0. The molecule has 94 valence electrons. The first-order valence-electron chi connectivity index (χ1n) is 5.71. The van der Waals surface area contributed by atoms with E-state index in [9.17, 15) is 4.57 Å². The lowest BCUT2D eigenvalue weighted by Gasteiger charge is -2.22. The first-order valence-corrected chi connectivity index (χ1v) is 7.34. The van der Waals surface area contributed by atoms with Crippen molar-refractivity contribution >= 4 is 18.0 Å². The van der Waals surface area contributed by atoms with Crippen LogP contribution in [0, 0.1) is 0 Å². The van der Waals surface area contributed by atoms with Gasteiger partial charge in [-0.3, -0.25) is 4.57 Å². The third-order valence-corrected chi connectivity index (χ3v) is 4.98. The summed E-state index contributed by atoms with van der Waals surface area (Å²) in [5.41, 5.74) is 0. The second-order valence-electron chi connectivity index (χ2n) is 4.12. The van der Waals surface area contributed by atoms with Gasteiger partial charge in [0.2, 0.25) is 0 Å². The van der Waals surface area contributed by atoms with Crippen molar-refractivity contribution < 1.29 is 9.19 Å². The molecule has 2 rings (SSSR count). The first-order chi connectivity index (χ1) is 8.63. The van der Waals surface area contributed by atoms with Gasteiger partial charge in [0.25, 0.3) is 7.37 Å². The van der Waals surface area contributed by atoms with E-state index in [0.29, 0.717) is 10.6 Å². The lowest BCUT2D eigenvalue weighted by molar-refractivity contribution is 0.00515. The molecule has 0 radical (unpaired) electrons. The summed E-state index contributed by atoms with van der Waals surface area (Å²) in [5.74, 6) is 0. The summed E-state index contributed by atoms with van der Waals surface area (Å²) >= 11 is 0. The summed E-state index contributed by atoms with van der Waals surface area (Å²) in [6.07, 6.45) is 0. The molecule has 0 saturated carbocycles. The van der Waals surface area contributed by atoms with Crippen LogP contribution in [0.1, 0.15) is 0 Å². The zero-order chi connectivity index (χ0) is 13.0. The van der Waals surface area contributed by atoms with Crippen LogP contribution >= 0.6 is 7.37 Å². The van der Waals surface area contributed by atoms with Gasteiger partial charge in [0.15, 0.2) is 0 Å². The number of nitrogens with zero attached hydrogens (tertiary/aromatic N) is 1. The number of hydrogen-bond acceptors (Lipinski definition) is 3. The molecule has 0 aliphatic carbocycles. The van der Waals surface area contributed by atoms with E-state index in [0.717, 1.165) is 0 Å². The SMILES string of the molecule is CN(C)OP(=[18O])(c1ccccc1)c1ccccc1. The predicted octanol–water partition coefficient (Wildman–Crippen LogP) is 2.41. The topological polar surface area (TPSA) is 29.5 Å². The van der Waals surface area contributed by atoms with Crippen LogP contribution in [0.3, 0.4) is 0 Å². The van der Waals surface area contributed by atoms with Gasteiger partial charge < -0.3 is 0 Å². The standard InChI is InChI=1S/C14H16NO2P/c1-15(2)17-18(16,13-9-5-3-6-10-13)14-11-7-4-8-12-14/h3-12H,1-2H3/i16+2. The highest BCUT2D eigenvalue weighted by molar-refractivity contribution is 7.74. The van der Waals surface area contributed by atoms with E-state index in [1.165, 1.54) is 5.06 Å². The summed E-state index contributed by atoms with van der Waals surface area (Å²) < 4.78 is 18.8. The number of hydroxylamine groups is 2. The fourth-order valence-electron chi connectivity index (χ4n) is 1.72. The average molecular weight is 263 g/mol. The van der Waals surface area contributed by atoms with Crippen LogP contribution < -0.4 is 10.6 Å². The molecule has 0 fully saturated rings. The van der Waals surface area contributed by atoms with Crippen molar-refractivity contribution in [2.75, 3.05) is 14.1 Å². The van der Waals surface area contributed by atoms with Crippen molar-refractivity contribution in [2.45, 2.75) is 0 Å². The Kier molecular flexibility index (Phi) is 3.97. The minimum absolute atomic E-state index is 0.699. The van der Waals surface area contributed by atoms with Crippen molar-refractivity contribution in [3.63, 3.8) is 0 Å². The Morgan fingerprint density at radius 3 is 1.56 bits per heavy atom. The van der Waals surface area contributed by atoms with Crippen LogP contribution in [0.4, 0.5) is 0 Å². The normalized spacial score (nSPS) is 11.7. The summed E-state index contributed by atoms with van der Waals surface area (Å²) in [7, 11) is 0.415. The second kappa shape index (κ2) is 5.49. The van der Waals surface area contributed by atoms with E-state index in [1.807, 2.05) is 60.7 Å². The molecule has 0 aliphatic rings. The van der Waals surface area contributed by atoms with Gasteiger partial charge in [-0.05, 0) is 24.3 Å². The Labute approximate surface area is 107 Å². The Hall–Kier alpha value is -1.41. The third-order valence-electron chi connectivity index (χ3n) is 2.47. The van der Waals surface area contributed by atoms with Crippen LogP contribution in [0.5, 0.6) is 0 Å². The van der Waals surface area contributed by atoms with Crippen LogP contribution in [0.15, 0.2) is 60.7 Å². The van der Waals surface area contributed by atoms with Gasteiger partial charge in [-0.1, -0.05) is 36.4 Å². The molecule has 0 unspecified atom stereocenters. The smallest absolute Gasteiger partial charge is 0.277 e. The summed E-state index contributed by atoms with van der Waals surface area (Å²) in [5, 5.41) is 2.88. The highest BCUT2D eigenvalue weighted by Gasteiger charge is 2.29. The zero-order valence-electron chi connectivity index (χ0n) is 10.5. The first kappa shape index (κ1) is 13.0. The Bertz CT molecular complexity index is 497. The third kappa shape index (κ3) is 2.70. The molecule has 0 atom stereocenters. The van der Waals surface area contributed by atoms with Gasteiger partial charge in [0, 0.05) is 24.7 Å². The van der Waals surface area contributed by atoms with Crippen molar-refractivity contribution in [2.24, 2.45) is 0 Å². The minimum atomic E-state index is -3.05. The summed E-state index contributed by atoms with van der Waals surface area (Å²) in [6, 6.07) is 18.6. The van der Waals surface area contributed by atoms with E-state index in [1.54, 1.807) is 14.1 Å². The maximum atomic E-state index is 13.2. The molecule has 18 heavy (non-hydrogen) atoms. The maximum absolute atomic E-state index is 13.2. The van der Waals surface area contributed by atoms with E-state index >= 15 is 0 Å². The molecule has 0 aromatic heterocycles. The highest BCUT2D eigenvalue weighted by Crippen LogP contribution is 2.44. The monoisotopic (exact) mass is 263 g/mol. The van der Waals surface area contributed by atoms with Gasteiger partial charge in [-0.2, -0.15) is 5.06 Å². The lowest BCUT2D eigenvalue weighted by atomic mass is 10.4. The van der Waals surface area contributed by atoms with Crippen molar-refractivity contribution in [3.05, 3.63) is 60.7 Å². The van der Waals surface area contributed by atoms with Crippen LogP contribution in [-0.2, 0) is 9.19 Å². The fraction of sp³-hybridized carbons (Fsp3) is 0.143. The average Bonchev–Trinajstić information content (AvgIpc) is 2.40. The molecule has 0 amide bonds. The van der Waals surface area contributed by atoms with E-state index < -0.39 is 7.37 Å². The molecule has 0 heterocycles. The molecule has 2 aromatic carbocycles. The Morgan fingerprint density at radius 2 is 1.22 bits per heavy atom. The molecule has 0 aliphatic heterocycles. The molecule has 0 bridgehead atoms.